The van der Waals surface area contributed by atoms with E-state index in [9.17, 15) is 10.1 Å². The molecule has 0 N–H and O–H groups in total. The number of nitro benzene ring substituents is 1. The van der Waals surface area contributed by atoms with Crippen molar-refractivity contribution in [3.05, 3.63) is 68.7 Å². The Morgan fingerprint density at radius 3 is 2.65 bits per heavy atom. The summed E-state index contributed by atoms with van der Waals surface area (Å²) >= 11 is 4.79. The largest absolute Gasteiger partial charge is 0.411 e. The molecule has 0 unspecified atom stereocenters. The quantitative estimate of drug-likeness (QED) is 0.356. The van der Waals surface area contributed by atoms with Gasteiger partial charge >= 0.3 is 0 Å². The van der Waals surface area contributed by atoms with Crippen LogP contribution in [0, 0.1) is 10.1 Å². The van der Waals surface area contributed by atoms with Gasteiger partial charge in [0.25, 0.3) is 10.9 Å². The lowest BCUT2D eigenvalue weighted by molar-refractivity contribution is -0.384. The Morgan fingerprint density at radius 1 is 1.17 bits per heavy atom. The predicted octanol–water partition coefficient (Wildman–Crippen LogP) is 4.70. The number of halogens is 1. The van der Waals surface area contributed by atoms with Gasteiger partial charge in [0.15, 0.2) is 0 Å². The first-order valence-electron chi connectivity index (χ1n) is 6.57. The monoisotopic (exact) mass is 391 g/mol. The van der Waals surface area contributed by atoms with Crippen LogP contribution in [0.25, 0.3) is 11.5 Å². The first-order chi connectivity index (χ1) is 11.1. The first kappa shape index (κ1) is 15.7. The highest BCUT2D eigenvalue weighted by atomic mass is 79.9. The highest BCUT2D eigenvalue weighted by molar-refractivity contribution is 9.10. The molecule has 0 atom stereocenters. The SMILES string of the molecule is O=[N+]([O-])c1ccc(CSc2nnc(-c3cccc(Br)c3)o2)cc1. The Kier molecular flexibility index (Phi) is 4.73. The van der Waals surface area contributed by atoms with Gasteiger partial charge in [-0.3, -0.25) is 10.1 Å². The number of thioether (sulfide) groups is 1. The van der Waals surface area contributed by atoms with Gasteiger partial charge in [-0.05, 0) is 23.8 Å². The molecule has 0 spiro atoms. The molecule has 1 aromatic heterocycles. The van der Waals surface area contributed by atoms with Crippen LogP contribution in [0.2, 0.25) is 0 Å². The molecule has 0 amide bonds. The van der Waals surface area contributed by atoms with E-state index >= 15 is 0 Å². The van der Waals surface area contributed by atoms with Crippen molar-refractivity contribution in [2.24, 2.45) is 0 Å². The fourth-order valence-electron chi connectivity index (χ4n) is 1.87. The van der Waals surface area contributed by atoms with Crippen LogP contribution in [0.15, 0.2) is 62.6 Å². The van der Waals surface area contributed by atoms with Crippen molar-refractivity contribution in [3.63, 3.8) is 0 Å². The third kappa shape index (κ3) is 3.96. The molecular formula is C15H10BrN3O3S. The van der Waals surface area contributed by atoms with Gasteiger partial charge < -0.3 is 4.42 Å². The van der Waals surface area contributed by atoms with Crippen molar-refractivity contribution < 1.29 is 9.34 Å². The summed E-state index contributed by atoms with van der Waals surface area (Å²) in [6.45, 7) is 0. The lowest BCUT2D eigenvalue weighted by atomic mass is 10.2. The van der Waals surface area contributed by atoms with Gasteiger partial charge in [0.05, 0.1) is 4.92 Å². The van der Waals surface area contributed by atoms with Gasteiger partial charge in [-0.25, -0.2) is 0 Å². The molecule has 0 aliphatic carbocycles. The molecule has 116 valence electrons. The minimum absolute atomic E-state index is 0.0773. The van der Waals surface area contributed by atoms with E-state index in [1.807, 2.05) is 24.3 Å². The van der Waals surface area contributed by atoms with Crippen LogP contribution in [0.5, 0.6) is 0 Å². The fraction of sp³-hybridized carbons (Fsp3) is 0.0667. The smallest absolute Gasteiger partial charge is 0.277 e. The van der Waals surface area contributed by atoms with Gasteiger partial charge in [-0.2, -0.15) is 0 Å². The van der Waals surface area contributed by atoms with E-state index in [-0.39, 0.29) is 5.69 Å². The van der Waals surface area contributed by atoms with E-state index < -0.39 is 4.92 Å². The molecule has 0 bridgehead atoms. The summed E-state index contributed by atoms with van der Waals surface area (Å²) in [5.74, 6) is 1.05. The minimum atomic E-state index is -0.417. The normalized spacial score (nSPS) is 10.7. The second kappa shape index (κ2) is 6.93. The zero-order chi connectivity index (χ0) is 16.2. The van der Waals surface area contributed by atoms with Crippen molar-refractivity contribution in [1.29, 1.82) is 0 Å². The Bertz CT molecular complexity index is 836. The number of aromatic nitrogens is 2. The lowest BCUT2D eigenvalue weighted by Gasteiger charge is -1.98. The maximum absolute atomic E-state index is 10.6. The van der Waals surface area contributed by atoms with Crippen LogP contribution in [0.3, 0.4) is 0 Å². The summed E-state index contributed by atoms with van der Waals surface area (Å²) < 4.78 is 6.56. The van der Waals surface area contributed by atoms with Gasteiger partial charge in [0, 0.05) is 27.9 Å². The average Bonchev–Trinajstić information content (AvgIpc) is 3.02. The number of non-ortho nitro benzene ring substituents is 1. The summed E-state index contributed by atoms with van der Waals surface area (Å²) in [5.41, 5.74) is 1.87. The molecule has 8 heteroatoms. The summed E-state index contributed by atoms with van der Waals surface area (Å²) in [6.07, 6.45) is 0. The molecule has 0 aliphatic heterocycles. The Hall–Kier alpha value is -2.19. The van der Waals surface area contributed by atoms with Crippen LogP contribution < -0.4 is 0 Å². The van der Waals surface area contributed by atoms with Crippen LogP contribution in [0.4, 0.5) is 5.69 Å². The van der Waals surface area contributed by atoms with Crippen molar-refractivity contribution in [2.75, 3.05) is 0 Å². The molecule has 0 saturated heterocycles. The van der Waals surface area contributed by atoms with Crippen LogP contribution in [-0.4, -0.2) is 15.1 Å². The lowest BCUT2D eigenvalue weighted by Crippen LogP contribution is -1.88. The number of nitrogens with zero attached hydrogens (tertiary/aromatic N) is 3. The Morgan fingerprint density at radius 2 is 1.96 bits per heavy atom. The molecule has 0 fully saturated rings. The van der Waals surface area contributed by atoms with E-state index in [2.05, 4.69) is 26.1 Å². The van der Waals surface area contributed by atoms with Gasteiger partial charge in [0.1, 0.15) is 0 Å². The summed E-state index contributed by atoms with van der Waals surface area (Å²) in [7, 11) is 0. The maximum atomic E-state index is 10.6. The number of hydrogen-bond acceptors (Lipinski definition) is 6. The average molecular weight is 392 g/mol. The van der Waals surface area contributed by atoms with E-state index in [0.717, 1.165) is 15.6 Å². The molecule has 1 heterocycles. The van der Waals surface area contributed by atoms with E-state index in [4.69, 9.17) is 4.42 Å². The van der Waals surface area contributed by atoms with E-state index in [0.29, 0.717) is 16.9 Å². The van der Waals surface area contributed by atoms with Crippen molar-refractivity contribution in [1.82, 2.24) is 10.2 Å². The third-order valence-electron chi connectivity index (χ3n) is 2.99. The predicted molar refractivity (Wildman–Crippen MR) is 90.1 cm³/mol. The number of rotatable bonds is 5. The maximum Gasteiger partial charge on any atom is 0.277 e. The van der Waals surface area contributed by atoms with Gasteiger partial charge in [0.2, 0.25) is 5.89 Å². The van der Waals surface area contributed by atoms with E-state index in [1.54, 1.807) is 12.1 Å². The van der Waals surface area contributed by atoms with Crippen LogP contribution >= 0.6 is 27.7 Å². The van der Waals surface area contributed by atoms with E-state index in [1.165, 1.54) is 23.9 Å². The van der Waals surface area contributed by atoms with Crippen molar-refractivity contribution in [2.45, 2.75) is 11.0 Å². The molecule has 0 radical (unpaired) electrons. The zero-order valence-electron chi connectivity index (χ0n) is 11.7. The summed E-state index contributed by atoms with van der Waals surface area (Å²) in [6, 6.07) is 14.0. The standard InChI is InChI=1S/C15H10BrN3O3S/c16-12-3-1-2-11(8-12)14-17-18-15(22-14)23-9-10-4-6-13(7-5-10)19(20)21/h1-8H,9H2. The molecular weight excluding hydrogens is 382 g/mol. The van der Waals surface area contributed by atoms with Gasteiger partial charge in [-0.15, -0.1) is 10.2 Å². The van der Waals surface area contributed by atoms with Crippen molar-refractivity contribution >= 4 is 33.4 Å². The summed E-state index contributed by atoms with van der Waals surface area (Å²) in [5, 5.41) is 19.1. The van der Waals surface area contributed by atoms with Crippen LogP contribution in [-0.2, 0) is 5.75 Å². The fourth-order valence-corrected chi connectivity index (χ4v) is 2.98. The molecule has 2 aromatic carbocycles. The Labute approximate surface area is 144 Å². The van der Waals surface area contributed by atoms with Crippen molar-refractivity contribution in [3.8, 4) is 11.5 Å². The minimum Gasteiger partial charge on any atom is -0.411 e. The highest BCUT2D eigenvalue weighted by Crippen LogP contribution is 2.27. The molecule has 6 nitrogen and oxygen atoms in total. The van der Waals surface area contributed by atoms with Crippen LogP contribution in [0.1, 0.15) is 5.56 Å². The highest BCUT2D eigenvalue weighted by Gasteiger charge is 2.10. The molecule has 23 heavy (non-hydrogen) atoms. The zero-order valence-corrected chi connectivity index (χ0v) is 14.1. The third-order valence-corrected chi connectivity index (χ3v) is 4.37. The Balaban J connectivity index is 1.66. The summed E-state index contributed by atoms with van der Waals surface area (Å²) in [4.78, 5) is 10.2. The molecule has 0 aliphatic rings. The molecule has 3 aromatic rings. The topological polar surface area (TPSA) is 82.1 Å². The number of nitro groups is 1. The second-order valence-electron chi connectivity index (χ2n) is 4.60. The molecule has 0 saturated carbocycles. The van der Waals surface area contributed by atoms with Gasteiger partial charge in [-0.1, -0.05) is 45.9 Å². The number of benzene rings is 2. The molecule has 3 rings (SSSR count). The first-order valence-corrected chi connectivity index (χ1v) is 8.35. The second-order valence-corrected chi connectivity index (χ2v) is 6.44. The number of hydrogen-bond donors (Lipinski definition) is 0.